The number of nitrogens with one attached hydrogen (secondary N) is 1. The van der Waals surface area contributed by atoms with Crippen molar-refractivity contribution in [3.05, 3.63) is 60.1 Å². The smallest absolute Gasteiger partial charge is 0.143 e. The molecule has 152 valence electrons. The van der Waals surface area contributed by atoms with Crippen molar-refractivity contribution >= 4 is 27.9 Å². The normalized spacial score (nSPS) is 16.5. The van der Waals surface area contributed by atoms with E-state index in [-0.39, 0.29) is 6.04 Å². The highest BCUT2D eigenvalue weighted by atomic mass is 32.1. The molecule has 5 rings (SSSR count). The Morgan fingerprint density at radius 1 is 1.30 bits per heavy atom. The summed E-state index contributed by atoms with van der Waals surface area (Å²) < 4.78 is 0. The molecule has 1 unspecified atom stereocenters. The highest BCUT2D eigenvalue weighted by Gasteiger charge is 2.26. The number of pyridine rings is 1. The second kappa shape index (κ2) is 7.34. The fraction of sp³-hybridized carbons (Fsp3) is 0.261. The predicted molar refractivity (Wildman–Crippen MR) is 123 cm³/mol. The first-order valence-corrected chi connectivity index (χ1v) is 10.9. The van der Waals surface area contributed by atoms with Crippen LogP contribution in [0.25, 0.3) is 37.7 Å². The van der Waals surface area contributed by atoms with Gasteiger partial charge in [-0.15, -0.1) is 11.3 Å². The van der Waals surface area contributed by atoms with E-state index in [0.29, 0.717) is 0 Å². The SMILES string of the molecule is C=C(c1nc(-c2[nH]nc3c(C)c(C)ccc23)sc1-c1cccnc1)N1CCC(N)C1. The summed E-state index contributed by atoms with van der Waals surface area (Å²) in [5.41, 5.74) is 13.3. The monoisotopic (exact) mass is 416 g/mol. The van der Waals surface area contributed by atoms with Gasteiger partial charge in [0.1, 0.15) is 16.4 Å². The van der Waals surface area contributed by atoms with E-state index in [1.165, 1.54) is 11.1 Å². The summed E-state index contributed by atoms with van der Waals surface area (Å²) in [7, 11) is 0. The maximum atomic E-state index is 6.14. The van der Waals surface area contributed by atoms with Gasteiger partial charge in [-0.3, -0.25) is 10.1 Å². The third-order valence-corrected chi connectivity index (χ3v) is 7.02. The van der Waals surface area contributed by atoms with Crippen LogP contribution in [-0.4, -0.2) is 44.2 Å². The first-order valence-electron chi connectivity index (χ1n) is 10.1. The lowest BCUT2D eigenvalue weighted by Crippen LogP contribution is -2.25. The van der Waals surface area contributed by atoms with Gasteiger partial charge < -0.3 is 10.6 Å². The molecule has 1 aromatic carbocycles. The molecule has 0 saturated carbocycles. The van der Waals surface area contributed by atoms with E-state index >= 15 is 0 Å². The molecule has 0 radical (unpaired) electrons. The van der Waals surface area contributed by atoms with Crippen molar-refractivity contribution in [2.75, 3.05) is 13.1 Å². The number of H-pyrrole nitrogens is 1. The number of aromatic nitrogens is 4. The molecule has 1 saturated heterocycles. The van der Waals surface area contributed by atoms with Gasteiger partial charge in [-0.1, -0.05) is 24.8 Å². The number of rotatable bonds is 4. The molecule has 1 fully saturated rings. The summed E-state index contributed by atoms with van der Waals surface area (Å²) >= 11 is 1.64. The molecule has 0 bridgehead atoms. The van der Waals surface area contributed by atoms with E-state index in [1.807, 2.05) is 12.3 Å². The molecule has 6 nitrogen and oxygen atoms in total. The van der Waals surface area contributed by atoms with Crippen molar-refractivity contribution in [2.45, 2.75) is 26.3 Å². The molecule has 4 heterocycles. The second-order valence-electron chi connectivity index (χ2n) is 7.88. The summed E-state index contributed by atoms with van der Waals surface area (Å²) in [4.78, 5) is 12.7. The van der Waals surface area contributed by atoms with Crippen LogP contribution in [0.3, 0.4) is 0 Å². The van der Waals surface area contributed by atoms with Gasteiger partial charge in [-0.25, -0.2) is 4.98 Å². The van der Waals surface area contributed by atoms with E-state index in [0.717, 1.165) is 62.9 Å². The average molecular weight is 417 g/mol. The fourth-order valence-electron chi connectivity index (χ4n) is 3.98. The number of nitrogens with two attached hydrogens (primary N) is 1. The van der Waals surface area contributed by atoms with Crippen LogP contribution in [0.5, 0.6) is 0 Å². The molecule has 0 spiro atoms. The highest BCUT2D eigenvalue weighted by Crippen LogP contribution is 2.40. The van der Waals surface area contributed by atoms with Crippen LogP contribution in [0.2, 0.25) is 0 Å². The number of thiazole rings is 1. The molecule has 7 heteroatoms. The number of hydrogen-bond donors (Lipinski definition) is 2. The van der Waals surface area contributed by atoms with Crippen molar-refractivity contribution in [1.29, 1.82) is 0 Å². The number of benzene rings is 1. The third-order valence-electron chi connectivity index (χ3n) is 5.90. The van der Waals surface area contributed by atoms with Crippen LogP contribution in [0, 0.1) is 13.8 Å². The Balaban J connectivity index is 1.65. The van der Waals surface area contributed by atoms with E-state index in [1.54, 1.807) is 17.5 Å². The summed E-state index contributed by atoms with van der Waals surface area (Å²) in [6.45, 7) is 10.3. The van der Waals surface area contributed by atoms with Crippen LogP contribution in [-0.2, 0) is 0 Å². The topological polar surface area (TPSA) is 83.7 Å². The standard InChI is InChI=1S/C23H24N6S/c1-13-6-7-18-19(14(13)2)27-28-21(18)23-26-20(15(3)29-10-8-17(24)12-29)22(30-23)16-5-4-9-25-11-16/h4-7,9,11,17H,3,8,10,12,24H2,1-2H3,(H,27,28). The lowest BCUT2D eigenvalue weighted by atomic mass is 10.1. The number of likely N-dealkylation sites (tertiary alicyclic amines) is 1. The predicted octanol–water partition coefficient (Wildman–Crippen LogP) is 4.37. The van der Waals surface area contributed by atoms with Gasteiger partial charge in [-0.05, 0) is 37.5 Å². The Morgan fingerprint density at radius 2 is 2.17 bits per heavy atom. The average Bonchev–Trinajstić information content (AvgIpc) is 3.48. The summed E-state index contributed by atoms with van der Waals surface area (Å²) in [6.07, 6.45) is 4.64. The van der Waals surface area contributed by atoms with Crippen LogP contribution >= 0.6 is 11.3 Å². The first kappa shape index (κ1) is 19.0. The Labute approximate surface area is 179 Å². The molecular formula is C23H24N6S. The largest absolute Gasteiger partial charge is 0.369 e. The molecule has 1 aliphatic heterocycles. The Hall–Kier alpha value is -3.03. The number of aromatic amines is 1. The highest BCUT2D eigenvalue weighted by molar-refractivity contribution is 7.18. The maximum absolute atomic E-state index is 6.14. The second-order valence-corrected chi connectivity index (χ2v) is 8.88. The minimum Gasteiger partial charge on any atom is -0.369 e. The summed E-state index contributed by atoms with van der Waals surface area (Å²) in [6, 6.07) is 8.46. The zero-order valence-electron chi connectivity index (χ0n) is 17.1. The number of nitrogens with zero attached hydrogens (tertiary/aromatic N) is 4. The molecule has 30 heavy (non-hydrogen) atoms. The van der Waals surface area contributed by atoms with Gasteiger partial charge in [0.05, 0.1) is 16.1 Å². The Kier molecular flexibility index (Phi) is 4.64. The minimum absolute atomic E-state index is 0.185. The molecular weight excluding hydrogens is 392 g/mol. The molecule has 1 atom stereocenters. The third kappa shape index (κ3) is 3.11. The van der Waals surface area contributed by atoms with E-state index in [4.69, 9.17) is 10.7 Å². The van der Waals surface area contributed by atoms with Crippen molar-refractivity contribution in [2.24, 2.45) is 5.73 Å². The van der Waals surface area contributed by atoms with Crippen LogP contribution < -0.4 is 5.73 Å². The van der Waals surface area contributed by atoms with E-state index in [2.05, 4.69) is 58.7 Å². The Morgan fingerprint density at radius 3 is 2.90 bits per heavy atom. The van der Waals surface area contributed by atoms with Crippen LogP contribution in [0.15, 0.2) is 43.2 Å². The molecule has 0 aliphatic carbocycles. The first-order chi connectivity index (χ1) is 14.5. The molecule has 1 aliphatic rings. The molecule has 3 N–H and O–H groups in total. The van der Waals surface area contributed by atoms with Crippen LogP contribution in [0.1, 0.15) is 23.2 Å². The van der Waals surface area contributed by atoms with Gasteiger partial charge in [0.2, 0.25) is 0 Å². The molecule has 0 amide bonds. The number of hydrogen-bond acceptors (Lipinski definition) is 6. The van der Waals surface area contributed by atoms with Crippen LogP contribution in [0.4, 0.5) is 0 Å². The van der Waals surface area contributed by atoms with Crippen molar-refractivity contribution in [3.63, 3.8) is 0 Å². The lowest BCUT2D eigenvalue weighted by molar-refractivity contribution is 0.484. The van der Waals surface area contributed by atoms with E-state index in [9.17, 15) is 0 Å². The number of aryl methyl sites for hydroxylation is 2. The fourth-order valence-corrected chi connectivity index (χ4v) is 5.07. The Bertz CT molecular complexity index is 1240. The maximum Gasteiger partial charge on any atom is 0.143 e. The minimum atomic E-state index is 0.185. The van der Waals surface area contributed by atoms with Crippen molar-refractivity contribution in [1.82, 2.24) is 25.1 Å². The van der Waals surface area contributed by atoms with Crippen molar-refractivity contribution < 1.29 is 0 Å². The van der Waals surface area contributed by atoms with Gasteiger partial charge in [0, 0.05) is 42.5 Å². The van der Waals surface area contributed by atoms with Gasteiger partial charge >= 0.3 is 0 Å². The van der Waals surface area contributed by atoms with Gasteiger partial charge in [-0.2, -0.15) is 5.10 Å². The number of fused-ring (bicyclic) bond motifs is 1. The molecule has 4 aromatic rings. The zero-order valence-corrected chi connectivity index (χ0v) is 18.0. The van der Waals surface area contributed by atoms with Crippen molar-refractivity contribution in [3.8, 4) is 21.1 Å². The van der Waals surface area contributed by atoms with Gasteiger partial charge in [0.15, 0.2) is 0 Å². The quantitative estimate of drug-likeness (QED) is 0.516. The lowest BCUT2D eigenvalue weighted by Gasteiger charge is -2.20. The summed E-state index contributed by atoms with van der Waals surface area (Å²) in [5, 5.41) is 9.79. The summed E-state index contributed by atoms with van der Waals surface area (Å²) in [5.74, 6) is 0. The van der Waals surface area contributed by atoms with E-state index < -0.39 is 0 Å². The zero-order chi connectivity index (χ0) is 20.8. The molecule has 3 aromatic heterocycles. The van der Waals surface area contributed by atoms with Gasteiger partial charge in [0.25, 0.3) is 0 Å².